The Bertz CT molecular complexity index is 1340. The molecule has 0 aliphatic carbocycles. The molecule has 3 aromatic rings. The maximum Gasteiger partial charge on any atom is 0.276 e. The van der Waals surface area contributed by atoms with E-state index in [9.17, 15) is 14.0 Å². The number of rotatable bonds is 4. The summed E-state index contributed by atoms with van der Waals surface area (Å²) in [4.78, 5) is 32.4. The molecular formula is C25H23ClFN5O4S. The minimum atomic E-state index is -0.714. The van der Waals surface area contributed by atoms with Crippen molar-refractivity contribution in [3.05, 3.63) is 62.9 Å². The van der Waals surface area contributed by atoms with Crippen LogP contribution in [-0.2, 0) is 14.3 Å². The van der Waals surface area contributed by atoms with E-state index in [4.69, 9.17) is 21.1 Å². The van der Waals surface area contributed by atoms with Gasteiger partial charge in [-0.3, -0.25) is 14.3 Å². The molecule has 2 saturated heterocycles. The summed E-state index contributed by atoms with van der Waals surface area (Å²) in [6.07, 6.45) is 3.34. The fourth-order valence-corrected chi connectivity index (χ4v) is 5.03. The Morgan fingerprint density at radius 1 is 1.22 bits per heavy atom. The van der Waals surface area contributed by atoms with Crippen LogP contribution in [0.15, 0.2) is 36.0 Å². The number of hydrogen-bond donors (Lipinski definition) is 1. The number of pyridine rings is 1. The number of likely N-dealkylation sites (tertiary alicyclic amines) is 1. The van der Waals surface area contributed by atoms with Crippen LogP contribution in [0.1, 0.15) is 39.8 Å². The smallest absolute Gasteiger partial charge is 0.276 e. The van der Waals surface area contributed by atoms with Gasteiger partial charge >= 0.3 is 0 Å². The van der Waals surface area contributed by atoms with Gasteiger partial charge in [-0.05, 0) is 30.4 Å². The molecule has 9 nitrogen and oxygen atoms in total. The SMILES string of the molecule is O=C(Nc1ncc(C#Cc2cccs2)cc1F)c1c(Cl)cnn1C1CCN(C(=O)C2COCCO2)CC1. The lowest BCUT2D eigenvalue weighted by Crippen LogP contribution is -2.48. The standard InChI is InChI=1S/C25H23ClFN5O4S/c26-19-14-29-32(17-5-7-31(8-6-17)25(34)21-15-35-9-10-36-21)22(19)24(33)30-23-20(27)12-16(13-28-23)3-4-18-2-1-11-37-18/h1-2,11-14,17,21H,5-10,15H2,(H,28,30,33). The molecule has 0 spiro atoms. The fraction of sp³-hybridized carbons (Fsp3) is 0.360. The summed E-state index contributed by atoms with van der Waals surface area (Å²) in [5, 5.41) is 8.83. The summed E-state index contributed by atoms with van der Waals surface area (Å²) >= 11 is 7.77. The van der Waals surface area contributed by atoms with E-state index in [0.29, 0.717) is 44.7 Å². The van der Waals surface area contributed by atoms with Crippen molar-refractivity contribution in [1.82, 2.24) is 19.7 Å². The third-order valence-corrected chi connectivity index (χ3v) is 7.17. The van der Waals surface area contributed by atoms with Crippen LogP contribution in [0, 0.1) is 17.7 Å². The molecule has 1 unspecified atom stereocenters. The number of nitrogens with one attached hydrogen (secondary N) is 1. The number of thiophene rings is 1. The predicted molar refractivity (Wildman–Crippen MR) is 135 cm³/mol. The topological polar surface area (TPSA) is 98.6 Å². The van der Waals surface area contributed by atoms with Gasteiger partial charge in [0.15, 0.2) is 17.7 Å². The second-order valence-corrected chi connectivity index (χ2v) is 9.87. The van der Waals surface area contributed by atoms with Crippen molar-refractivity contribution in [3.8, 4) is 11.8 Å². The zero-order valence-corrected chi connectivity index (χ0v) is 21.2. The van der Waals surface area contributed by atoms with Gasteiger partial charge in [-0.15, -0.1) is 11.3 Å². The van der Waals surface area contributed by atoms with Gasteiger partial charge in [0, 0.05) is 24.8 Å². The van der Waals surface area contributed by atoms with Gasteiger partial charge in [-0.2, -0.15) is 5.10 Å². The normalized spacial score (nSPS) is 18.2. The van der Waals surface area contributed by atoms with Gasteiger partial charge in [-0.1, -0.05) is 29.5 Å². The number of halogens is 2. The summed E-state index contributed by atoms with van der Waals surface area (Å²) in [6, 6.07) is 4.81. The zero-order valence-electron chi connectivity index (χ0n) is 19.7. The van der Waals surface area contributed by atoms with E-state index >= 15 is 0 Å². The lowest BCUT2D eigenvalue weighted by Gasteiger charge is -2.35. The number of nitrogens with zero attached hydrogens (tertiary/aromatic N) is 4. The third kappa shape index (κ3) is 5.83. The Morgan fingerprint density at radius 2 is 2.05 bits per heavy atom. The average molecular weight is 544 g/mol. The minimum Gasteiger partial charge on any atom is -0.376 e. The fourth-order valence-electron chi connectivity index (χ4n) is 4.24. The molecule has 5 rings (SSSR count). The second-order valence-electron chi connectivity index (χ2n) is 8.51. The van der Waals surface area contributed by atoms with Crippen LogP contribution in [0.2, 0.25) is 5.02 Å². The number of carbonyl (C=O) groups is 2. The van der Waals surface area contributed by atoms with E-state index in [2.05, 4.69) is 27.2 Å². The van der Waals surface area contributed by atoms with Crippen molar-refractivity contribution in [1.29, 1.82) is 0 Å². The highest BCUT2D eigenvalue weighted by molar-refractivity contribution is 7.10. The molecule has 0 aromatic carbocycles. The van der Waals surface area contributed by atoms with Crippen molar-refractivity contribution in [2.24, 2.45) is 0 Å². The van der Waals surface area contributed by atoms with Gasteiger partial charge in [0.25, 0.3) is 11.8 Å². The Labute approximate surface area is 221 Å². The lowest BCUT2D eigenvalue weighted by molar-refractivity contribution is -0.159. The van der Waals surface area contributed by atoms with Gasteiger partial charge in [0.1, 0.15) is 5.69 Å². The van der Waals surface area contributed by atoms with Crippen molar-refractivity contribution in [2.45, 2.75) is 25.0 Å². The Morgan fingerprint density at radius 3 is 2.76 bits per heavy atom. The molecule has 2 fully saturated rings. The summed E-state index contributed by atoms with van der Waals surface area (Å²) in [6.45, 7) is 2.10. The molecule has 1 N–H and O–H groups in total. The Hall–Kier alpha value is -3.30. The van der Waals surface area contributed by atoms with Crippen LogP contribution < -0.4 is 5.32 Å². The Kier molecular flexibility index (Phi) is 7.81. The van der Waals surface area contributed by atoms with Gasteiger partial charge in [0.05, 0.1) is 42.0 Å². The number of aromatic nitrogens is 3. The first-order chi connectivity index (χ1) is 18.0. The highest BCUT2D eigenvalue weighted by Gasteiger charge is 2.33. The highest BCUT2D eigenvalue weighted by Crippen LogP contribution is 2.28. The predicted octanol–water partition coefficient (Wildman–Crippen LogP) is 3.36. The van der Waals surface area contributed by atoms with E-state index in [0.717, 1.165) is 4.88 Å². The molecule has 2 aliphatic heterocycles. The number of hydrogen-bond acceptors (Lipinski definition) is 7. The number of amides is 2. The monoisotopic (exact) mass is 543 g/mol. The molecule has 2 amide bonds. The van der Waals surface area contributed by atoms with Crippen LogP contribution in [0.4, 0.5) is 10.2 Å². The molecule has 3 aromatic heterocycles. The summed E-state index contributed by atoms with van der Waals surface area (Å²) < 4.78 is 27.1. The maximum absolute atomic E-state index is 14.7. The molecule has 0 saturated carbocycles. The van der Waals surface area contributed by atoms with Crippen molar-refractivity contribution < 1.29 is 23.5 Å². The van der Waals surface area contributed by atoms with Crippen LogP contribution in [0.3, 0.4) is 0 Å². The number of carbonyl (C=O) groups excluding carboxylic acids is 2. The summed E-state index contributed by atoms with van der Waals surface area (Å²) in [7, 11) is 0. The lowest BCUT2D eigenvalue weighted by atomic mass is 10.0. The third-order valence-electron chi connectivity index (χ3n) is 6.10. The van der Waals surface area contributed by atoms with Crippen LogP contribution >= 0.6 is 22.9 Å². The zero-order chi connectivity index (χ0) is 25.8. The van der Waals surface area contributed by atoms with E-state index < -0.39 is 17.8 Å². The first-order valence-corrected chi connectivity index (χ1v) is 13.0. The first-order valence-electron chi connectivity index (χ1n) is 11.7. The number of anilines is 1. The van der Waals surface area contributed by atoms with Crippen LogP contribution in [0.25, 0.3) is 0 Å². The first kappa shape index (κ1) is 25.4. The summed E-state index contributed by atoms with van der Waals surface area (Å²) in [5.41, 5.74) is 0.497. The quantitative estimate of drug-likeness (QED) is 0.507. The number of ether oxygens (including phenoxy) is 2. The van der Waals surface area contributed by atoms with Gasteiger partial charge < -0.3 is 19.7 Å². The summed E-state index contributed by atoms with van der Waals surface area (Å²) in [5.74, 6) is 4.13. The highest BCUT2D eigenvalue weighted by atomic mass is 35.5. The number of piperidine rings is 1. The van der Waals surface area contributed by atoms with Crippen LogP contribution in [-0.4, -0.2) is 70.5 Å². The molecule has 0 bridgehead atoms. The maximum atomic E-state index is 14.7. The van der Waals surface area contributed by atoms with Crippen molar-refractivity contribution in [3.63, 3.8) is 0 Å². The largest absolute Gasteiger partial charge is 0.376 e. The molecule has 0 radical (unpaired) electrons. The molecule has 192 valence electrons. The molecule has 12 heteroatoms. The van der Waals surface area contributed by atoms with Gasteiger partial charge in [-0.25, -0.2) is 9.37 Å². The van der Waals surface area contributed by atoms with Gasteiger partial charge in [0.2, 0.25) is 0 Å². The van der Waals surface area contributed by atoms with E-state index in [1.807, 2.05) is 17.5 Å². The molecule has 37 heavy (non-hydrogen) atoms. The minimum absolute atomic E-state index is 0.0975. The van der Waals surface area contributed by atoms with E-state index in [-0.39, 0.29) is 35.1 Å². The van der Waals surface area contributed by atoms with Crippen molar-refractivity contribution in [2.75, 3.05) is 38.2 Å². The molecular weight excluding hydrogens is 521 g/mol. The average Bonchev–Trinajstić information content (AvgIpc) is 3.59. The van der Waals surface area contributed by atoms with Crippen molar-refractivity contribution >= 4 is 40.6 Å². The molecule has 5 heterocycles. The van der Waals surface area contributed by atoms with Crippen LogP contribution in [0.5, 0.6) is 0 Å². The van der Waals surface area contributed by atoms with E-state index in [1.54, 1.807) is 9.58 Å². The molecule has 2 aliphatic rings. The Balaban J connectivity index is 1.24. The van der Waals surface area contributed by atoms with E-state index in [1.165, 1.54) is 29.8 Å². The second kappa shape index (κ2) is 11.4. The molecule has 1 atom stereocenters.